The largest absolute Gasteiger partial charge is 0.385 e. The Labute approximate surface area is 140 Å². The topological polar surface area (TPSA) is 57.2 Å². The van der Waals surface area contributed by atoms with Crippen LogP contribution in [0.25, 0.3) is 0 Å². The Morgan fingerprint density at radius 2 is 1.67 bits per heavy atom. The smallest absolute Gasteiger partial charge is 0.186 e. The van der Waals surface area contributed by atoms with Crippen molar-refractivity contribution in [3.8, 4) is 0 Å². The van der Waals surface area contributed by atoms with Crippen molar-refractivity contribution in [1.29, 1.82) is 0 Å². The number of hydrogen-bond donors (Lipinski definition) is 1. The van der Waals surface area contributed by atoms with E-state index >= 15 is 0 Å². The predicted octanol–water partition coefficient (Wildman–Crippen LogP) is 2.40. The second kappa shape index (κ2) is 7.01. The molecule has 0 aliphatic carbocycles. The van der Waals surface area contributed by atoms with Crippen LogP contribution in [0.2, 0.25) is 0 Å². The highest BCUT2D eigenvalue weighted by Crippen LogP contribution is 2.36. The Kier molecular flexibility index (Phi) is 4.60. The minimum absolute atomic E-state index is 0.290. The zero-order valence-corrected chi connectivity index (χ0v) is 13.2. The minimum Gasteiger partial charge on any atom is -0.385 e. The van der Waals surface area contributed by atoms with Crippen molar-refractivity contribution < 1.29 is 24.1 Å². The number of ether oxygens (including phenoxy) is 4. The fraction of sp³-hybridized carbons (Fsp3) is 0.368. The van der Waals surface area contributed by atoms with E-state index in [1.165, 1.54) is 0 Å². The van der Waals surface area contributed by atoms with E-state index in [2.05, 4.69) is 0 Å². The first-order chi connectivity index (χ1) is 11.8. The van der Waals surface area contributed by atoms with Gasteiger partial charge in [0.15, 0.2) is 12.6 Å². The molecule has 2 aromatic rings. The fourth-order valence-corrected chi connectivity index (χ4v) is 3.04. The predicted molar refractivity (Wildman–Crippen MR) is 85.9 cm³/mol. The number of aliphatic hydroxyl groups is 1. The maximum Gasteiger partial charge on any atom is 0.186 e. The lowest BCUT2D eigenvalue weighted by molar-refractivity contribution is -0.255. The highest BCUT2D eigenvalue weighted by atomic mass is 16.8. The first-order valence-corrected chi connectivity index (χ1v) is 8.12. The lowest BCUT2D eigenvalue weighted by Gasteiger charge is -2.34. The second-order valence-electron chi connectivity index (χ2n) is 6.01. The molecule has 0 aromatic heterocycles. The average Bonchev–Trinajstić information content (AvgIpc) is 3.08. The number of hydrogen-bond acceptors (Lipinski definition) is 5. The summed E-state index contributed by atoms with van der Waals surface area (Å²) in [5, 5.41) is 10.5. The van der Waals surface area contributed by atoms with E-state index in [-0.39, 0.29) is 6.10 Å². The number of fused-ring (bicyclic) bond motifs is 1. The van der Waals surface area contributed by atoms with Gasteiger partial charge in [0, 0.05) is 5.56 Å². The molecule has 2 aromatic carbocycles. The van der Waals surface area contributed by atoms with Crippen molar-refractivity contribution in [2.75, 3.05) is 6.61 Å². The summed E-state index contributed by atoms with van der Waals surface area (Å²) in [7, 11) is 0. The third kappa shape index (κ3) is 3.22. The molecule has 1 N–H and O–H groups in total. The Morgan fingerprint density at radius 1 is 0.958 bits per heavy atom. The third-order valence-electron chi connectivity index (χ3n) is 4.31. The van der Waals surface area contributed by atoms with Gasteiger partial charge in [0.05, 0.1) is 13.2 Å². The van der Waals surface area contributed by atoms with Crippen molar-refractivity contribution in [3.05, 3.63) is 71.8 Å². The maximum atomic E-state index is 10.5. The molecule has 2 saturated heterocycles. The lowest BCUT2D eigenvalue weighted by atomic mass is 10.1. The standard InChI is InChI=1S/C19H20O5/c20-16-17-15(23-18(24-17)14-9-5-2-6-10-14)12-22-19(16)21-11-13-7-3-1-4-8-13/h1-10,15-20H,11-12H2/t15-,16+,17-,18-,19+/m1/s1. The van der Waals surface area contributed by atoms with Crippen LogP contribution < -0.4 is 0 Å². The summed E-state index contributed by atoms with van der Waals surface area (Å²) in [6, 6.07) is 19.5. The van der Waals surface area contributed by atoms with Crippen LogP contribution in [0.5, 0.6) is 0 Å². The van der Waals surface area contributed by atoms with Crippen molar-refractivity contribution in [2.45, 2.75) is 37.5 Å². The molecule has 2 heterocycles. The van der Waals surface area contributed by atoms with Gasteiger partial charge in [-0.05, 0) is 5.56 Å². The van der Waals surface area contributed by atoms with E-state index in [0.717, 1.165) is 11.1 Å². The van der Waals surface area contributed by atoms with Crippen molar-refractivity contribution in [2.24, 2.45) is 0 Å². The molecule has 2 aliphatic rings. The van der Waals surface area contributed by atoms with Gasteiger partial charge >= 0.3 is 0 Å². The van der Waals surface area contributed by atoms with Crippen LogP contribution in [0.4, 0.5) is 0 Å². The van der Waals surface area contributed by atoms with E-state index in [1.807, 2.05) is 60.7 Å². The summed E-state index contributed by atoms with van der Waals surface area (Å²) in [6.07, 6.45) is -2.83. The molecule has 5 nitrogen and oxygen atoms in total. The Balaban J connectivity index is 1.38. The van der Waals surface area contributed by atoms with Crippen molar-refractivity contribution in [3.63, 3.8) is 0 Å². The molecule has 0 bridgehead atoms. The van der Waals surface area contributed by atoms with Crippen LogP contribution in [0, 0.1) is 0 Å². The normalized spacial score (nSPS) is 32.5. The highest BCUT2D eigenvalue weighted by molar-refractivity contribution is 5.17. The molecule has 2 fully saturated rings. The average molecular weight is 328 g/mol. The minimum atomic E-state index is -0.888. The molecule has 5 heteroatoms. The summed E-state index contributed by atoms with van der Waals surface area (Å²) < 4.78 is 23.1. The summed E-state index contributed by atoms with van der Waals surface area (Å²) in [4.78, 5) is 0. The van der Waals surface area contributed by atoms with Crippen molar-refractivity contribution in [1.82, 2.24) is 0 Å². The van der Waals surface area contributed by atoms with E-state index < -0.39 is 24.8 Å². The van der Waals surface area contributed by atoms with Crippen LogP contribution in [0.15, 0.2) is 60.7 Å². The van der Waals surface area contributed by atoms with Gasteiger partial charge in [0.1, 0.15) is 18.3 Å². The summed E-state index contributed by atoms with van der Waals surface area (Å²) in [5.41, 5.74) is 1.96. The lowest BCUT2D eigenvalue weighted by Crippen LogP contribution is -2.52. The monoisotopic (exact) mass is 328 g/mol. The summed E-state index contributed by atoms with van der Waals surface area (Å²) in [6.45, 7) is 0.716. The van der Waals surface area contributed by atoms with Gasteiger partial charge in [-0.2, -0.15) is 0 Å². The van der Waals surface area contributed by atoms with Crippen molar-refractivity contribution >= 4 is 0 Å². The van der Waals surface area contributed by atoms with Gasteiger partial charge in [-0.1, -0.05) is 60.7 Å². The number of aliphatic hydroxyl groups excluding tert-OH is 1. The molecular formula is C19H20O5. The zero-order valence-electron chi connectivity index (χ0n) is 13.2. The Morgan fingerprint density at radius 3 is 2.42 bits per heavy atom. The first-order valence-electron chi connectivity index (χ1n) is 8.12. The van der Waals surface area contributed by atoms with Crippen LogP contribution >= 0.6 is 0 Å². The first kappa shape index (κ1) is 15.7. The number of rotatable bonds is 4. The molecule has 126 valence electrons. The maximum absolute atomic E-state index is 10.5. The molecule has 0 saturated carbocycles. The van der Waals surface area contributed by atoms with Gasteiger partial charge in [0.2, 0.25) is 0 Å². The highest BCUT2D eigenvalue weighted by Gasteiger charge is 2.48. The van der Waals surface area contributed by atoms with Crippen LogP contribution in [-0.4, -0.2) is 36.3 Å². The van der Waals surface area contributed by atoms with E-state index in [0.29, 0.717) is 13.2 Å². The van der Waals surface area contributed by atoms with Gasteiger partial charge in [0.25, 0.3) is 0 Å². The van der Waals surface area contributed by atoms with Gasteiger partial charge < -0.3 is 24.1 Å². The fourth-order valence-electron chi connectivity index (χ4n) is 3.04. The molecule has 24 heavy (non-hydrogen) atoms. The van der Waals surface area contributed by atoms with E-state index in [4.69, 9.17) is 18.9 Å². The van der Waals surface area contributed by atoms with Crippen LogP contribution in [-0.2, 0) is 25.6 Å². The molecule has 0 amide bonds. The Bertz CT molecular complexity index is 647. The molecule has 5 atom stereocenters. The van der Waals surface area contributed by atoms with Crippen LogP contribution in [0.3, 0.4) is 0 Å². The van der Waals surface area contributed by atoms with Crippen LogP contribution in [0.1, 0.15) is 17.4 Å². The summed E-state index contributed by atoms with van der Waals surface area (Å²) >= 11 is 0. The zero-order chi connectivity index (χ0) is 16.4. The molecule has 0 radical (unpaired) electrons. The molecule has 2 aliphatic heterocycles. The van der Waals surface area contributed by atoms with Gasteiger partial charge in [-0.25, -0.2) is 0 Å². The van der Waals surface area contributed by atoms with Gasteiger partial charge in [-0.3, -0.25) is 0 Å². The summed E-state index contributed by atoms with van der Waals surface area (Å²) in [5.74, 6) is 0. The van der Waals surface area contributed by atoms with E-state index in [1.54, 1.807) is 0 Å². The molecule has 4 rings (SSSR count). The molecular weight excluding hydrogens is 308 g/mol. The van der Waals surface area contributed by atoms with E-state index in [9.17, 15) is 5.11 Å². The second-order valence-corrected chi connectivity index (χ2v) is 6.01. The third-order valence-corrected chi connectivity index (χ3v) is 4.31. The Hall–Kier alpha value is -1.76. The molecule has 0 spiro atoms. The number of benzene rings is 2. The molecule has 0 unspecified atom stereocenters. The SMILES string of the molecule is O[C@@H]1[C@@H](OCc2ccccc2)OC[C@H]2O[C@@H](c3ccccc3)O[C@@H]12. The quantitative estimate of drug-likeness (QED) is 0.934. The van der Waals surface area contributed by atoms with Gasteiger partial charge in [-0.15, -0.1) is 0 Å².